The van der Waals surface area contributed by atoms with E-state index in [2.05, 4.69) is 13.8 Å². The first-order valence-corrected chi connectivity index (χ1v) is 17.0. The fraction of sp³-hybridized carbons (Fsp3) is 0.806. The van der Waals surface area contributed by atoms with Gasteiger partial charge in [0.05, 0.1) is 18.1 Å². The van der Waals surface area contributed by atoms with Gasteiger partial charge in [-0.3, -0.25) is 14.4 Å². The van der Waals surface area contributed by atoms with Gasteiger partial charge in [-0.1, -0.05) is 72.5 Å². The molecule has 0 aromatic carbocycles. The molecule has 246 valence electrons. The van der Waals surface area contributed by atoms with E-state index in [-0.39, 0.29) is 53.2 Å². The Morgan fingerprint density at radius 3 is 2.41 bits per heavy atom. The Labute approximate surface area is 263 Å². The van der Waals surface area contributed by atoms with Gasteiger partial charge in [0.15, 0.2) is 24.3 Å². The molecule has 5 aliphatic carbocycles. The van der Waals surface area contributed by atoms with Crippen LogP contribution in [0.25, 0.3) is 0 Å². The van der Waals surface area contributed by atoms with Gasteiger partial charge < -0.3 is 24.4 Å². The second-order valence-corrected chi connectivity index (χ2v) is 15.5. The molecule has 0 unspecified atom stereocenters. The lowest BCUT2D eigenvalue weighted by molar-refractivity contribution is -0.210. The molecule has 6 rings (SSSR count). The standard InChI is InChI=1S/C32H44O7.C4H10O/c1-18(2)28(36)37-17-25(35)32-26(38-29(39-32)19-8-6-5-7-9-19)15-23-22-11-10-20-14-21(33)12-13-30(20,3)27(22)24(34)16-31(23,32)4;1-4(2)3-5/h12-14,18-19,22-24,26-27,29,34H,5-11,15-17H2,1-4H3;4-5H,3H2,1-2H3/t22-,23-,24-,26+,27+,29+,30-,31-,32+;/m0./s1. The van der Waals surface area contributed by atoms with E-state index in [0.717, 1.165) is 44.1 Å². The number of fused-ring (bicyclic) bond motifs is 7. The zero-order valence-electron chi connectivity index (χ0n) is 27.6. The molecule has 9 atom stereocenters. The Morgan fingerprint density at radius 1 is 1.09 bits per heavy atom. The summed E-state index contributed by atoms with van der Waals surface area (Å²) in [5, 5.41) is 20.0. The number of esters is 1. The summed E-state index contributed by atoms with van der Waals surface area (Å²) in [4.78, 5) is 38.7. The van der Waals surface area contributed by atoms with Crippen LogP contribution in [0.2, 0.25) is 0 Å². The maximum atomic E-state index is 14.2. The zero-order valence-corrected chi connectivity index (χ0v) is 27.6. The molecule has 8 heteroatoms. The van der Waals surface area contributed by atoms with E-state index in [0.29, 0.717) is 25.4 Å². The number of carbonyl (C=O) groups excluding carboxylic acids is 3. The van der Waals surface area contributed by atoms with Gasteiger partial charge in [0.1, 0.15) is 0 Å². The third-order valence-corrected chi connectivity index (χ3v) is 11.9. The van der Waals surface area contributed by atoms with Crippen LogP contribution >= 0.6 is 0 Å². The van der Waals surface area contributed by atoms with Crippen molar-refractivity contribution < 1.29 is 38.8 Å². The molecule has 0 bridgehead atoms. The summed E-state index contributed by atoms with van der Waals surface area (Å²) in [5.74, 6) is -0.0310. The van der Waals surface area contributed by atoms with Crippen molar-refractivity contribution in [2.45, 2.75) is 123 Å². The minimum Gasteiger partial charge on any atom is -0.457 e. The Bertz CT molecular complexity index is 1170. The third-order valence-electron chi connectivity index (χ3n) is 11.9. The predicted octanol–water partition coefficient (Wildman–Crippen LogP) is 5.34. The van der Waals surface area contributed by atoms with Gasteiger partial charge in [-0.05, 0) is 68.4 Å². The van der Waals surface area contributed by atoms with Crippen molar-refractivity contribution in [1.82, 2.24) is 0 Å². The molecular formula is C36H54O8. The second-order valence-electron chi connectivity index (χ2n) is 15.5. The highest BCUT2D eigenvalue weighted by Crippen LogP contribution is 2.70. The number of ether oxygens (including phenoxy) is 3. The average molecular weight is 615 g/mol. The fourth-order valence-corrected chi connectivity index (χ4v) is 9.62. The van der Waals surface area contributed by atoms with E-state index < -0.39 is 35.5 Å². The number of allylic oxidation sites excluding steroid dienone is 4. The van der Waals surface area contributed by atoms with Crippen molar-refractivity contribution in [3.8, 4) is 0 Å². The maximum Gasteiger partial charge on any atom is 0.308 e. The highest BCUT2D eigenvalue weighted by atomic mass is 16.7. The molecule has 5 fully saturated rings. The van der Waals surface area contributed by atoms with Crippen molar-refractivity contribution in [2.75, 3.05) is 13.2 Å². The summed E-state index contributed by atoms with van der Waals surface area (Å²) in [5.41, 5.74) is -1.19. The summed E-state index contributed by atoms with van der Waals surface area (Å²) in [6.07, 6.45) is 12.2. The molecule has 1 heterocycles. The molecule has 0 aromatic rings. The predicted molar refractivity (Wildman–Crippen MR) is 165 cm³/mol. The van der Waals surface area contributed by atoms with Crippen LogP contribution in [0.15, 0.2) is 23.8 Å². The van der Waals surface area contributed by atoms with Gasteiger partial charge in [0, 0.05) is 29.3 Å². The van der Waals surface area contributed by atoms with Crippen LogP contribution in [0.3, 0.4) is 0 Å². The van der Waals surface area contributed by atoms with Crippen molar-refractivity contribution in [2.24, 2.45) is 46.3 Å². The molecule has 0 amide bonds. The van der Waals surface area contributed by atoms with Gasteiger partial charge in [0.25, 0.3) is 0 Å². The van der Waals surface area contributed by atoms with Crippen LogP contribution < -0.4 is 0 Å². The van der Waals surface area contributed by atoms with Crippen molar-refractivity contribution in [1.29, 1.82) is 0 Å². The van der Waals surface area contributed by atoms with E-state index in [4.69, 9.17) is 19.3 Å². The van der Waals surface area contributed by atoms with Crippen LogP contribution in [0.4, 0.5) is 0 Å². The van der Waals surface area contributed by atoms with Crippen molar-refractivity contribution in [3.63, 3.8) is 0 Å². The smallest absolute Gasteiger partial charge is 0.308 e. The molecule has 44 heavy (non-hydrogen) atoms. The first-order valence-electron chi connectivity index (χ1n) is 17.0. The quantitative estimate of drug-likeness (QED) is 0.385. The molecule has 1 saturated heterocycles. The Kier molecular flexibility index (Phi) is 9.69. The summed E-state index contributed by atoms with van der Waals surface area (Å²) < 4.78 is 19.0. The maximum absolute atomic E-state index is 14.2. The number of ketones is 2. The van der Waals surface area contributed by atoms with Crippen LogP contribution in [0.1, 0.15) is 99.3 Å². The average Bonchev–Trinajstić information content (AvgIpc) is 3.49. The van der Waals surface area contributed by atoms with Crippen LogP contribution in [0, 0.1) is 46.3 Å². The molecule has 1 aliphatic heterocycles. The summed E-state index contributed by atoms with van der Waals surface area (Å²) in [6, 6.07) is 0. The first kappa shape index (κ1) is 33.5. The lowest BCUT2D eigenvalue weighted by atomic mass is 9.46. The lowest BCUT2D eigenvalue weighted by Crippen LogP contribution is -2.63. The second kappa shape index (κ2) is 12.7. The normalized spacial score (nSPS) is 41.2. The number of hydrogen-bond donors (Lipinski definition) is 2. The lowest BCUT2D eigenvalue weighted by Gasteiger charge is -2.59. The highest BCUT2D eigenvalue weighted by molar-refractivity contribution is 6.01. The van der Waals surface area contributed by atoms with E-state index in [1.165, 1.54) is 6.42 Å². The minimum atomic E-state index is -1.25. The van der Waals surface area contributed by atoms with Gasteiger partial charge in [0.2, 0.25) is 5.78 Å². The van der Waals surface area contributed by atoms with E-state index >= 15 is 0 Å². The molecule has 0 spiro atoms. The summed E-state index contributed by atoms with van der Waals surface area (Å²) >= 11 is 0. The van der Waals surface area contributed by atoms with E-state index in [9.17, 15) is 19.5 Å². The van der Waals surface area contributed by atoms with Crippen molar-refractivity contribution in [3.05, 3.63) is 23.8 Å². The fourth-order valence-electron chi connectivity index (χ4n) is 9.62. The van der Waals surface area contributed by atoms with Gasteiger partial charge in [-0.25, -0.2) is 0 Å². The number of hydrogen-bond acceptors (Lipinski definition) is 8. The van der Waals surface area contributed by atoms with Gasteiger partial charge in [-0.15, -0.1) is 0 Å². The SMILES string of the molecule is CC(C)C(=O)OCC(=O)[C@@]12O[C@H](C3CCCCC3)O[C@@H]1C[C@H]1[C@@H]3CCC4=CC(=O)C=C[C@]4(C)[C@H]3[C@@H](O)C[C@@]12C.CC(C)CO. The minimum absolute atomic E-state index is 0.0162. The highest BCUT2D eigenvalue weighted by Gasteiger charge is 2.76. The topological polar surface area (TPSA) is 119 Å². The van der Waals surface area contributed by atoms with Crippen LogP contribution in [-0.4, -0.2) is 65.1 Å². The number of carbonyl (C=O) groups is 3. The molecule has 0 radical (unpaired) electrons. The van der Waals surface area contributed by atoms with E-state index in [1.54, 1.807) is 26.0 Å². The van der Waals surface area contributed by atoms with Crippen LogP contribution in [-0.2, 0) is 28.6 Å². The summed E-state index contributed by atoms with van der Waals surface area (Å²) in [6.45, 7) is 11.7. The molecule has 6 aliphatic rings. The number of Topliss-reactive ketones (excluding diaryl/α,β-unsaturated/α-hetero) is 1. The molecule has 0 aromatic heterocycles. The molecule has 8 nitrogen and oxygen atoms in total. The van der Waals surface area contributed by atoms with Crippen molar-refractivity contribution >= 4 is 17.5 Å². The molecular weight excluding hydrogens is 560 g/mol. The van der Waals surface area contributed by atoms with Gasteiger partial charge in [-0.2, -0.15) is 0 Å². The monoisotopic (exact) mass is 614 g/mol. The number of rotatable bonds is 6. The molecule has 4 saturated carbocycles. The van der Waals surface area contributed by atoms with Gasteiger partial charge >= 0.3 is 5.97 Å². The first-order chi connectivity index (χ1) is 20.8. The van der Waals surface area contributed by atoms with E-state index in [1.807, 2.05) is 19.9 Å². The van der Waals surface area contributed by atoms with Crippen LogP contribution in [0.5, 0.6) is 0 Å². The Balaban J connectivity index is 0.000000712. The Hall–Kier alpha value is -1.87. The molecule has 2 N–H and O–H groups in total. The largest absolute Gasteiger partial charge is 0.457 e. The zero-order chi connectivity index (χ0) is 32.0. The Morgan fingerprint density at radius 2 is 1.77 bits per heavy atom. The summed E-state index contributed by atoms with van der Waals surface area (Å²) in [7, 11) is 0. The number of aliphatic hydroxyl groups excluding tert-OH is 2. The third kappa shape index (κ3) is 5.56. The number of aliphatic hydroxyl groups is 2.